The number of hydrogen-bond donors (Lipinski definition) is 0. The van der Waals surface area contributed by atoms with E-state index in [2.05, 4.69) is 22.9 Å². The Kier molecular flexibility index (Phi) is 3.78. The van der Waals surface area contributed by atoms with Crippen molar-refractivity contribution in [2.24, 2.45) is 11.8 Å². The molecule has 0 saturated carbocycles. The van der Waals surface area contributed by atoms with Crippen LogP contribution in [0.2, 0.25) is 0 Å². The lowest BCUT2D eigenvalue weighted by Gasteiger charge is -2.21. The number of aromatic nitrogens is 1. The summed E-state index contributed by atoms with van der Waals surface area (Å²) in [6.45, 7) is 4.35. The summed E-state index contributed by atoms with van der Waals surface area (Å²) in [5, 5.41) is 0. The van der Waals surface area contributed by atoms with E-state index in [9.17, 15) is 8.42 Å². The third-order valence-corrected chi connectivity index (χ3v) is 5.35. The van der Waals surface area contributed by atoms with Crippen molar-refractivity contribution in [3.8, 4) is 0 Å². The Hall–Kier alpha value is -1.36. The summed E-state index contributed by atoms with van der Waals surface area (Å²) in [7, 11) is -2.99. The molecule has 4 nitrogen and oxygen atoms in total. The van der Waals surface area contributed by atoms with E-state index in [1.165, 1.54) is 24.7 Å². The average Bonchev–Trinajstić information content (AvgIpc) is 2.80. The molecule has 21 heavy (non-hydrogen) atoms. The molecule has 2 heterocycles. The second-order valence-corrected chi connectivity index (χ2v) is 8.65. The summed E-state index contributed by atoms with van der Waals surface area (Å²) < 4.78 is 22.6. The number of sulfone groups is 1. The van der Waals surface area contributed by atoms with Crippen LogP contribution < -0.4 is 4.90 Å². The SMILES string of the molecule is CC1=CC[C@@H]2CN(c3ccc(CS(C)(=O)=O)cn3)C[C@@H]2C1. The second kappa shape index (κ2) is 5.44. The molecule has 0 N–H and O–H groups in total. The first kappa shape index (κ1) is 14.6. The van der Waals surface area contributed by atoms with Gasteiger partial charge in [0.15, 0.2) is 9.84 Å². The van der Waals surface area contributed by atoms with Gasteiger partial charge in [-0.1, -0.05) is 17.7 Å². The van der Waals surface area contributed by atoms with Crippen molar-refractivity contribution in [3.63, 3.8) is 0 Å². The first-order chi connectivity index (χ1) is 9.90. The zero-order valence-electron chi connectivity index (χ0n) is 12.6. The molecule has 0 aromatic carbocycles. The largest absolute Gasteiger partial charge is 0.356 e. The van der Waals surface area contributed by atoms with Crippen molar-refractivity contribution in [1.29, 1.82) is 0 Å². The number of allylic oxidation sites excluding steroid dienone is 2. The number of rotatable bonds is 3. The molecule has 1 saturated heterocycles. The van der Waals surface area contributed by atoms with Gasteiger partial charge in [-0.05, 0) is 43.2 Å². The van der Waals surface area contributed by atoms with Gasteiger partial charge in [-0.3, -0.25) is 0 Å². The fourth-order valence-corrected chi connectivity index (χ4v) is 4.24. The van der Waals surface area contributed by atoms with Crippen molar-refractivity contribution in [1.82, 2.24) is 4.98 Å². The lowest BCUT2D eigenvalue weighted by Crippen LogP contribution is -2.21. The van der Waals surface area contributed by atoms with E-state index in [1.807, 2.05) is 12.1 Å². The molecule has 1 fully saturated rings. The monoisotopic (exact) mass is 306 g/mol. The van der Waals surface area contributed by atoms with Crippen LogP contribution in [0, 0.1) is 11.8 Å². The minimum absolute atomic E-state index is 0.0641. The first-order valence-electron chi connectivity index (χ1n) is 7.44. The van der Waals surface area contributed by atoms with Gasteiger partial charge in [-0.2, -0.15) is 0 Å². The maximum Gasteiger partial charge on any atom is 0.151 e. The van der Waals surface area contributed by atoms with Crippen LogP contribution in [0.3, 0.4) is 0 Å². The third-order valence-electron chi connectivity index (χ3n) is 4.49. The minimum Gasteiger partial charge on any atom is -0.356 e. The fourth-order valence-electron chi connectivity index (χ4n) is 3.47. The van der Waals surface area contributed by atoms with Crippen LogP contribution in [-0.2, 0) is 15.6 Å². The van der Waals surface area contributed by atoms with Crippen LogP contribution in [0.15, 0.2) is 30.0 Å². The molecule has 0 amide bonds. The number of anilines is 1. The minimum atomic E-state index is -2.99. The Morgan fingerprint density at radius 2 is 2.05 bits per heavy atom. The Balaban J connectivity index is 1.69. The maximum absolute atomic E-state index is 11.3. The van der Waals surface area contributed by atoms with Crippen LogP contribution in [0.1, 0.15) is 25.3 Å². The van der Waals surface area contributed by atoms with Crippen molar-refractivity contribution in [3.05, 3.63) is 35.5 Å². The highest BCUT2D eigenvalue weighted by Crippen LogP contribution is 2.37. The predicted octanol–water partition coefficient (Wildman–Crippen LogP) is 2.42. The molecule has 0 bridgehead atoms. The second-order valence-electron chi connectivity index (χ2n) is 6.51. The molecule has 2 aliphatic rings. The topological polar surface area (TPSA) is 50.3 Å². The van der Waals surface area contributed by atoms with Gasteiger partial charge in [0.2, 0.25) is 0 Å². The standard InChI is InChI=1S/C16H22N2O2S/c1-12-3-5-14-9-18(10-15(14)7-12)16-6-4-13(8-17-16)11-21(2,19)20/h3-4,6,8,14-15H,5,7,9-11H2,1-2H3/t14-,15+/m1/s1. The summed E-state index contributed by atoms with van der Waals surface area (Å²) in [5.41, 5.74) is 2.27. The molecule has 114 valence electrons. The third kappa shape index (κ3) is 3.46. The quantitative estimate of drug-likeness (QED) is 0.805. The van der Waals surface area contributed by atoms with Gasteiger partial charge in [-0.15, -0.1) is 0 Å². The van der Waals surface area contributed by atoms with E-state index in [0.29, 0.717) is 0 Å². The number of nitrogens with zero attached hydrogens (tertiary/aromatic N) is 2. The summed E-state index contributed by atoms with van der Waals surface area (Å²) >= 11 is 0. The average molecular weight is 306 g/mol. The van der Waals surface area contributed by atoms with Crippen LogP contribution in [0.4, 0.5) is 5.82 Å². The van der Waals surface area contributed by atoms with Crippen molar-refractivity contribution >= 4 is 15.7 Å². The summed E-state index contributed by atoms with van der Waals surface area (Å²) in [6, 6.07) is 3.84. The van der Waals surface area contributed by atoms with Gasteiger partial charge in [0.1, 0.15) is 5.82 Å². The van der Waals surface area contributed by atoms with Gasteiger partial charge in [0.25, 0.3) is 0 Å². The highest BCUT2D eigenvalue weighted by molar-refractivity contribution is 7.89. The Labute approximate surface area is 126 Å². The molecule has 1 aliphatic carbocycles. The molecule has 2 atom stereocenters. The van der Waals surface area contributed by atoms with E-state index < -0.39 is 9.84 Å². The van der Waals surface area contributed by atoms with E-state index in [1.54, 1.807) is 6.20 Å². The fraction of sp³-hybridized carbons (Fsp3) is 0.562. The molecule has 3 rings (SSSR count). The highest BCUT2D eigenvalue weighted by Gasteiger charge is 2.34. The normalized spacial score (nSPS) is 25.6. The van der Waals surface area contributed by atoms with Crippen LogP contribution in [-0.4, -0.2) is 32.7 Å². The number of hydrogen-bond acceptors (Lipinski definition) is 4. The molecule has 0 spiro atoms. The number of pyridine rings is 1. The van der Waals surface area contributed by atoms with E-state index in [4.69, 9.17) is 0 Å². The highest BCUT2D eigenvalue weighted by atomic mass is 32.2. The zero-order valence-corrected chi connectivity index (χ0v) is 13.4. The van der Waals surface area contributed by atoms with E-state index in [0.717, 1.165) is 36.3 Å². The predicted molar refractivity (Wildman–Crippen MR) is 85.0 cm³/mol. The zero-order chi connectivity index (χ0) is 15.0. The van der Waals surface area contributed by atoms with Crippen LogP contribution >= 0.6 is 0 Å². The first-order valence-corrected chi connectivity index (χ1v) is 9.50. The smallest absolute Gasteiger partial charge is 0.151 e. The Bertz CT molecular complexity index is 649. The Morgan fingerprint density at radius 1 is 1.29 bits per heavy atom. The lowest BCUT2D eigenvalue weighted by molar-refractivity contribution is 0.400. The molecule has 0 unspecified atom stereocenters. The summed E-state index contributed by atoms with van der Waals surface area (Å²) in [6.07, 6.45) is 7.70. The molecule has 1 aromatic heterocycles. The van der Waals surface area contributed by atoms with E-state index in [-0.39, 0.29) is 5.75 Å². The molecular formula is C16H22N2O2S. The van der Waals surface area contributed by atoms with Gasteiger partial charge in [-0.25, -0.2) is 13.4 Å². The summed E-state index contributed by atoms with van der Waals surface area (Å²) in [5.74, 6) is 2.52. The van der Waals surface area contributed by atoms with Gasteiger partial charge < -0.3 is 4.90 Å². The molecule has 5 heteroatoms. The number of fused-ring (bicyclic) bond motifs is 1. The summed E-state index contributed by atoms with van der Waals surface area (Å²) in [4.78, 5) is 6.81. The van der Waals surface area contributed by atoms with Crippen molar-refractivity contribution < 1.29 is 8.42 Å². The van der Waals surface area contributed by atoms with Crippen molar-refractivity contribution in [2.75, 3.05) is 24.2 Å². The van der Waals surface area contributed by atoms with Gasteiger partial charge >= 0.3 is 0 Å². The molecular weight excluding hydrogens is 284 g/mol. The molecule has 1 aliphatic heterocycles. The maximum atomic E-state index is 11.3. The molecule has 0 radical (unpaired) electrons. The van der Waals surface area contributed by atoms with Crippen LogP contribution in [0.25, 0.3) is 0 Å². The van der Waals surface area contributed by atoms with Gasteiger partial charge in [0, 0.05) is 25.5 Å². The Morgan fingerprint density at radius 3 is 2.71 bits per heavy atom. The van der Waals surface area contributed by atoms with Crippen molar-refractivity contribution in [2.45, 2.75) is 25.5 Å². The molecule has 1 aromatic rings. The van der Waals surface area contributed by atoms with Gasteiger partial charge in [0.05, 0.1) is 5.75 Å². The van der Waals surface area contributed by atoms with Crippen LogP contribution in [0.5, 0.6) is 0 Å². The van der Waals surface area contributed by atoms with E-state index >= 15 is 0 Å². The lowest BCUT2D eigenvalue weighted by atomic mass is 9.83.